The Morgan fingerprint density at radius 2 is 1.61 bits per heavy atom. The van der Waals surface area contributed by atoms with Gasteiger partial charge in [-0.3, -0.25) is 0 Å². The lowest BCUT2D eigenvalue weighted by Crippen LogP contribution is -2.53. The number of rotatable bonds is 4. The van der Waals surface area contributed by atoms with Crippen LogP contribution < -0.4 is 10.2 Å². The van der Waals surface area contributed by atoms with Gasteiger partial charge in [0.05, 0.1) is 5.52 Å². The number of aromatic nitrogens is 2. The molecule has 7 rings (SSSR count). The van der Waals surface area contributed by atoms with Gasteiger partial charge >= 0.3 is 0 Å². The van der Waals surface area contributed by atoms with Gasteiger partial charge in [0.15, 0.2) is 0 Å². The molecule has 1 saturated heterocycles. The van der Waals surface area contributed by atoms with Gasteiger partial charge < -0.3 is 10.2 Å². The van der Waals surface area contributed by atoms with E-state index >= 15 is 0 Å². The molecule has 4 aliphatic carbocycles. The van der Waals surface area contributed by atoms with Gasteiger partial charge in [-0.2, -0.15) is 4.98 Å². The van der Waals surface area contributed by atoms with E-state index in [2.05, 4.69) is 41.4 Å². The van der Waals surface area contributed by atoms with E-state index in [4.69, 9.17) is 9.97 Å². The predicted molar refractivity (Wildman–Crippen MR) is 115 cm³/mol. The van der Waals surface area contributed by atoms with Crippen molar-refractivity contribution in [2.75, 3.05) is 23.3 Å². The monoisotopic (exact) mass is 376 g/mol. The average Bonchev–Trinajstić information content (AvgIpc) is 3.21. The van der Waals surface area contributed by atoms with Crippen molar-refractivity contribution in [3.63, 3.8) is 0 Å². The zero-order valence-corrected chi connectivity index (χ0v) is 17.0. The van der Waals surface area contributed by atoms with E-state index in [0.29, 0.717) is 11.5 Å². The maximum absolute atomic E-state index is 5.05. The Bertz CT molecular complexity index is 850. The molecule has 1 aliphatic heterocycles. The van der Waals surface area contributed by atoms with Gasteiger partial charge in [-0.05, 0) is 93.6 Å². The fourth-order valence-corrected chi connectivity index (χ4v) is 7.30. The van der Waals surface area contributed by atoms with Gasteiger partial charge in [0.25, 0.3) is 0 Å². The highest BCUT2D eigenvalue weighted by Crippen LogP contribution is 2.61. The third kappa shape index (κ3) is 2.71. The smallest absolute Gasteiger partial charge is 0.227 e. The van der Waals surface area contributed by atoms with Crippen molar-refractivity contribution in [1.29, 1.82) is 0 Å². The van der Waals surface area contributed by atoms with Crippen LogP contribution in [0.15, 0.2) is 24.3 Å². The van der Waals surface area contributed by atoms with Crippen LogP contribution >= 0.6 is 0 Å². The highest BCUT2D eigenvalue weighted by Gasteiger charge is 2.53. The number of nitrogens with zero attached hydrogens (tertiary/aromatic N) is 3. The van der Waals surface area contributed by atoms with Crippen LogP contribution in [0, 0.1) is 23.2 Å². The lowest BCUT2D eigenvalue weighted by Gasteiger charge is -2.59. The van der Waals surface area contributed by atoms with Crippen molar-refractivity contribution < 1.29 is 0 Å². The number of para-hydroxylation sites is 1. The number of hydrogen-bond donors (Lipinski definition) is 1. The molecule has 0 radical (unpaired) electrons. The Morgan fingerprint density at radius 3 is 2.29 bits per heavy atom. The molecule has 4 saturated carbocycles. The highest BCUT2D eigenvalue weighted by molar-refractivity contribution is 5.90. The summed E-state index contributed by atoms with van der Waals surface area (Å²) in [5.41, 5.74) is 1.55. The topological polar surface area (TPSA) is 41.1 Å². The van der Waals surface area contributed by atoms with Crippen LogP contribution in [0.5, 0.6) is 0 Å². The first kappa shape index (κ1) is 17.1. The number of nitrogens with one attached hydrogen (secondary N) is 1. The van der Waals surface area contributed by atoms with Crippen molar-refractivity contribution in [2.45, 2.75) is 64.3 Å². The number of benzene rings is 1. The fourth-order valence-electron chi connectivity index (χ4n) is 7.30. The summed E-state index contributed by atoms with van der Waals surface area (Å²) in [5, 5.41) is 5.10. The molecular formula is C24H32N4. The lowest BCUT2D eigenvalue weighted by atomic mass is 9.48. The summed E-state index contributed by atoms with van der Waals surface area (Å²) in [4.78, 5) is 12.3. The van der Waals surface area contributed by atoms with E-state index < -0.39 is 0 Å². The van der Waals surface area contributed by atoms with Gasteiger partial charge in [0, 0.05) is 24.5 Å². The maximum atomic E-state index is 5.05. The van der Waals surface area contributed by atoms with E-state index in [0.717, 1.165) is 48.1 Å². The summed E-state index contributed by atoms with van der Waals surface area (Å²) >= 11 is 0. The fraction of sp³-hybridized carbons (Fsp3) is 0.667. The van der Waals surface area contributed by atoms with Crippen LogP contribution in [0.4, 0.5) is 11.8 Å². The Morgan fingerprint density at radius 1 is 0.964 bits per heavy atom. The largest absolute Gasteiger partial charge is 0.366 e. The summed E-state index contributed by atoms with van der Waals surface area (Å²) in [5.74, 6) is 4.92. The van der Waals surface area contributed by atoms with Crippen LogP contribution in [0.3, 0.4) is 0 Å². The summed E-state index contributed by atoms with van der Waals surface area (Å²) < 4.78 is 0. The van der Waals surface area contributed by atoms with Gasteiger partial charge in [-0.15, -0.1) is 0 Å². The SMILES string of the molecule is C[C@@H](Nc1nc(N2CCCC2)nc2ccccc12)C12CC3CC(CC(C3)C1)C2. The molecule has 148 valence electrons. The minimum atomic E-state index is 0.477. The van der Waals surface area contributed by atoms with Crippen LogP contribution in [-0.2, 0) is 0 Å². The average molecular weight is 377 g/mol. The molecule has 1 aromatic carbocycles. The molecular weight excluding hydrogens is 344 g/mol. The first-order chi connectivity index (χ1) is 13.7. The van der Waals surface area contributed by atoms with Gasteiger partial charge in [0.2, 0.25) is 5.95 Å². The Hall–Kier alpha value is -1.84. The molecule has 2 heterocycles. The standard InChI is InChI=1S/C24H32N4/c1-16(24-13-17-10-18(14-24)12-19(11-17)15-24)25-22-20-6-2-3-7-21(20)26-23(27-22)28-8-4-5-9-28/h2-3,6-7,16-19H,4-5,8-15H2,1H3,(H,25,26,27)/t16-,17?,18?,19?,24?/m1/s1. The van der Waals surface area contributed by atoms with Gasteiger partial charge in [0.1, 0.15) is 5.82 Å². The first-order valence-electron chi connectivity index (χ1n) is 11.5. The molecule has 4 bridgehead atoms. The van der Waals surface area contributed by atoms with Crippen molar-refractivity contribution in [3.8, 4) is 0 Å². The molecule has 2 aromatic rings. The molecule has 5 fully saturated rings. The third-order valence-electron chi connectivity index (χ3n) is 8.34. The predicted octanol–water partition coefficient (Wildman–Crippen LogP) is 5.25. The molecule has 1 atom stereocenters. The summed E-state index contributed by atoms with van der Waals surface area (Å²) in [6.45, 7) is 4.60. The summed E-state index contributed by atoms with van der Waals surface area (Å²) in [7, 11) is 0. The van der Waals surface area contributed by atoms with E-state index in [1.807, 2.05) is 0 Å². The summed E-state index contributed by atoms with van der Waals surface area (Å²) in [6, 6.07) is 9.00. The Balaban J connectivity index is 1.34. The minimum Gasteiger partial charge on any atom is -0.366 e. The number of hydrogen-bond acceptors (Lipinski definition) is 4. The van der Waals surface area contributed by atoms with E-state index in [9.17, 15) is 0 Å². The molecule has 28 heavy (non-hydrogen) atoms. The van der Waals surface area contributed by atoms with E-state index in [1.54, 1.807) is 0 Å². The van der Waals surface area contributed by atoms with Crippen molar-refractivity contribution >= 4 is 22.7 Å². The molecule has 5 aliphatic rings. The van der Waals surface area contributed by atoms with E-state index in [-0.39, 0.29) is 0 Å². The second kappa shape index (κ2) is 6.33. The number of fused-ring (bicyclic) bond motifs is 1. The molecule has 4 nitrogen and oxygen atoms in total. The zero-order valence-electron chi connectivity index (χ0n) is 17.0. The second-order valence-corrected chi connectivity index (χ2v) is 10.2. The Labute approximate surface area is 168 Å². The van der Waals surface area contributed by atoms with Gasteiger partial charge in [-0.25, -0.2) is 4.98 Å². The molecule has 0 unspecified atom stereocenters. The lowest BCUT2D eigenvalue weighted by molar-refractivity contribution is -0.0602. The third-order valence-corrected chi connectivity index (χ3v) is 8.34. The van der Waals surface area contributed by atoms with Crippen molar-refractivity contribution in [2.24, 2.45) is 23.2 Å². The second-order valence-electron chi connectivity index (χ2n) is 10.2. The first-order valence-corrected chi connectivity index (χ1v) is 11.5. The van der Waals surface area contributed by atoms with Crippen LogP contribution in [0.1, 0.15) is 58.3 Å². The Kier molecular flexibility index (Phi) is 3.86. The van der Waals surface area contributed by atoms with Crippen LogP contribution in [0.2, 0.25) is 0 Å². The quantitative estimate of drug-likeness (QED) is 0.791. The molecule has 4 heteroatoms. The van der Waals surface area contributed by atoms with Crippen molar-refractivity contribution in [3.05, 3.63) is 24.3 Å². The summed E-state index contributed by atoms with van der Waals surface area (Å²) in [6.07, 6.45) is 11.3. The highest BCUT2D eigenvalue weighted by atomic mass is 15.3. The van der Waals surface area contributed by atoms with Crippen LogP contribution in [0.25, 0.3) is 10.9 Å². The van der Waals surface area contributed by atoms with Crippen LogP contribution in [-0.4, -0.2) is 29.1 Å². The molecule has 0 amide bonds. The normalized spacial score (nSPS) is 34.9. The van der Waals surface area contributed by atoms with Gasteiger partial charge in [-0.1, -0.05) is 12.1 Å². The zero-order chi connectivity index (χ0) is 18.7. The molecule has 1 N–H and O–H groups in total. The minimum absolute atomic E-state index is 0.477. The maximum Gasteiger partial charge on any atom is 0.227 e. The van der Waals surface area contributed by atoms with Crippen molar-refractivity contribution in [1.82, 2.24) is 9.97 Å². The molecule has 1 aromatic heterocycles. The number of anilines is 2. The van der Waals surface area contributed by atoms with E-state index in [1.165, 1.54) is 56.8 Å². The molecule has 0 spiro atoms.